The van der Waals surface area contributed by atoms with Crippen LogP contribution in [0.2, 0.25) is 0 Å². The number of ether oxygens (including phenoxy) is 1. The third-order valence-electron chi connectivity index (χ3n) is 4.37. The molecule has 1 aliphatic heterocycles. The number of hydrogen-bond acceptors (Lipinski definition) is 3. The number of ketones is 1. The first-order valence-electron chi connectivity index (χ1n) is 8.29. The van der Waals surface area contributed by atoms with Crippen LogP contribution in [-0.4, -0.2) is 23.8 Å². The van der Waals surface area contributed by atoms with E-state index in [2.05, 4.69) is 5.32 Å². The van der Waals surface area contributed by atoms with Gasteiger partial charge in [-0.2, -0.15) is 0 Å². The summed E-state index contributed by atoms with van der Waals surface area (Å²) in [6, 6.07) is 6.99. The molecule has 3 rings (SSSR count). The fourth-order valence-corrected chi connectivity index (χ4v) is 2.95. The van der Waals surface area contributed by atoms with Gasteiger partial charge in [0, 0.05) is 18.7 Å². The lowest BCUT2D eigenvalue weighted by Crippen LogP contribution is -2.37. The van der Waals surface area contributed by atoms with Crippen molar-refractivity contribution in [1.82, 2.24) is 4.90 Å². The van der Waals surface area contributed by atoms with Crippen molar-refractivity contribution in [2.45, 2.75) is 19.4 Å². The average Bonchev–Trinajstić information content (AvgIpc) is 2.64. The van der Waals surface area contributed by atoms with Gasteiger partial charge in [-0.05, 0) is 42.3 Å². The van der Waals surface area contributed by atoms with E-state index in [1.807, 2.05) is 0 Å². The Morgan fingerprint density at radius 2 is 1.93 bits per heavy atom. The molecule has 0 saturated heterocycles. The van der Waals surface area contributed by atoms with Gasteiger partial charge in [0.05, 0.1) is 18.8 Å². The number of urea groups is 1. The van der Waals surface area contributed by atoms with Crippen LogP contribution >= 0.6 is 0 Å². The summed E-state index contributed by atoms with van der Waals surface area (Å²) in [6.45, 7) is 1.69. The van der Waals surface area contributed by atoms with Gasteiger partial charge in [0.25, 0.3) is 0 Å². The predicted molar refractivity (Wildman–Crippen MR) is 96.5 cm³/mol. The van der Waals surface area contributed by atoms with Crippen LogP contribution in [0, 0.1) is 18.6 Å². The molecule has 0 spiro atoms. The maximum Gasteiger partial charge on any atom is 0.326 e. The SMILES string of the molecule is COc1cc(NC(=O)N2C=CC(=O)CC2c2ccc(F)cc2)c(F)cc1C. The molecule has 0 aliphatic carbocycles. The number of aryl methyl sites for hydroxylation is 1. The number of nitrogens with one attached hydrogen (secondary N) is 1. The van der Waals surface area contributed by atoms with Gasteiger partial charge in [0.2, 0.25) is 0 Å². The Balaban J connectivity index is 1.88. The van der Waals surface area contributed by atoms with E-state index < -0.39 is 23.7 Å². The van der Waals surface area contributed by atoms with Crippen molar-refractivity contribution in [2.75, 3.05) is 12.4 Å². The van der Waals surface area contributed by atoms with Gasteiger partial charge in [0.15, 0.2) is 5.78 Å². The van der Waals surface area contributed by atoms with Crippen LogP contribution in [0.15, 0.2) is 48.7 Å². The third kappa shape index (κ3) is 3.97. The number of halogens is 2. The van der Waals surface area contributed by atoms with Gasteiger partial charge < -0.3 is 10.1 Å². The first-order chi connectivity index (χ1) is 12.9. The Hall–Kier alpha value is -3.22. The van der Waals surface area contributed by atoms with Crippen LogP contribution in [0.5, 0.6) is 5.75 Å². The monoisotopic (exact) mass is 372 g/mol. The molecule has 2 aromatic rings. The topological polar surface area (TPSA) is 58.6 Å². The van der Waals surface area contributed by atoms with E-state index in [0.29, 0.717) is 16.9 Å². The Morgan fingerprint density at radius 3 is 2.59 bits per heavy atom. The highest BCUT2D eigenvalue weighted by atomic mass is 19.1. The van der Waals surface area contributed by atoms with Crippen LogP contribution in [-0.2, 0) is 4.79 Å². The first-order valence-corrected chi connectivity index (χ1v) is 8.29. The number of anilines is 1. The van der Waals surface area contributed by atoms with E-state index in [9.17, 15) is 18.4 Å². The summed E-state index contributed by atoms with van der Waals surface area (Å²) in [7, 11) is 1.45. The smallest absolute Gasteiger partial charge is 0.326 e. The van der Waals surface area contributed by atoms with Gasteiger partial charge in [-0.1, -0.05) is 12.1 Å². The highest BCUT2D eigenvalue weighted by Gasteiger charge is 2.29. The van der Waals surface area contributed by atoms with Gasteiger partial charge in [-0.15, -0.1) is 0 Å². The zero-order valence-corrected chi connectivity index (χ0v) is 14.8. The maximum absolute atomic E-state index is 14.2. The lowest BCUT2D eigenvalue weighted by atomic mass is 9.97. The van der Waals surface area contributed by atoms with E-state index in [0.717, 1.165) is 0 Å². The predicted octanol–water partition coefficient (Wildman–Crippen LogP) is 4.34. The summed E-state index contributed by atoms with van der Waals surface area (Å²) >= 11 is 0. The van der Waals surface area contributed by atoms with E-state index in [-0.39, 0.29) is 17.9 Å². The normalized spacial score (nSPS) is 16.4. The lowest BCUT2D eigenvalue weighted by molar-refractivity contribution is -0.116. The molecule has 5 nitrogen and oxygen atoms in total. The fourth-order valence-electron chi connectivity index (χ4n) is 2.95. The molecule has 0 radical (unpaired) electrons. The summed E-state index contributed by atoms with van der Waals surface area (Å²) in [5, 5.41) is 2.50. The van der Waals surface area contributed by atoms with Crippen LogP contribution in [0.25, 0.3) is 0 Å². The van der Waals surface area contributed by atoms with E-state index in [1.54, 1.807) is 6.92 Å². The third-order valence-corrected chi connectivity index (χ3v) is 4.37. The van der Waals surface area contributed by atoms with Gasteiger partial charge in [-0.3, -0.25) is 9.69 Å². The minimum atomic E-state index is -0.613. The molecule has 140 valence electrons. The Kier molecular flexibility index (Phi) is 5.21. The minimum Gasteiger partial charge on any atom is -0.496 e. The summed E-state index contributed by atoms with van der Waals surface area (Å²) in [5.41, 5.74) is 1.16. The highest BCUT2D eigenvalue weighted by Crippen LogP contribution is 2.31. The van der Waals surface area contributed by atoms with Gasteiger partial charge in [0.1, 0.15) is 17.4 Å². The molecule has 0 aromatic heterocycles. The molecule has 0 fully saturated rings. The van der Waals surface area contributed by atoms with E-state index in [1.165, 1.54) is 60.7 Å². The minimum absolute atomic E-state index is 0.0365. The van der Waals surface area contributed by atoms with Crippen LogP contribution in [0.4, 0.5) is 19.3 Å². The first kappa shape index (κ1) is 18.6. The van der Waals surface area contributed by atoms with Crippen LogP contribution < -0.4 is 10.1 Å². The van der Waals surface area contributed by atoms with Crippen molar-refractivity contribution < 1.29 is 23.1 Å². The van der Waals surface area contributed by atoms with Crippen molar-refractivity contribution in [2.24, 2.45) is 0 Å². The summed E-state index contributed by atoms with van der Waals surface area (Å²) in [5.74, 6) is -0.735. The highest BCUT2D eigenvalue weighted by molar-refractivity contribution is 5.96. The fraction of sp³-hybridized carbons (Fsp3) is 0.200. The largest absolute Gasteiger partial charge is 0.496 e. The van der Waals surface area contributed by atoms with Crippen molar-refractivity contribution in [1.29, 1.82) is 0 Å². The van der Waals surface area contributed by atoms with E-state index in [4.69, 9.17) is 4.74 Å². The molecule has 27 heavy (non-hydrogen) atoms. The molecule has 1 atom stereocenters. The van der Waals surface area contributed by atoms with Crippen molar-refractivity contribution in [3.8, 4) is 5.75 Å². The number of amides is 2. The number of carbonyl (C=O) groups is 2. The number of carbonyl (C=O) groups excluding carboxylic acids is 2. The molecule has 7 heteroatoms. The second-order valence-electron chi connectivity index (χ2n) is 6.19. The van der Waals surface area contributed by atoms with Crippen molar-refractivity contribution in [3.63, 3.8) is 0 Å². The number of benzene rings is 2. The Morgan fingerprint density at radius 1 is 1.22 bits per heavy atom. The molecule has 1 aliphatic rings. The van der Waals surface area contributed by atoms with Crippen LogP contribution in [0.3, 0.4) is 0 Å². The molecule has 2 aromatic carbocycles. The molecular weight excluding hydrogens is 354 g/mol. The van der Waals surface area contributed by atoms with Gasteiger partial charge >= 0.3 is 6.03 Å². The second-order valence-corrected chi connectivity index (χ2v) is 6.19. The lowest BCUT2D eigenvalue weighted by Gasteiger charge is -2.31. The maximum atomic E-state index is 14.2. The standard InChI is InChI=1S/C20H18F2N2O3/c1-12-9-16(22)17(11-19(12)27-2)23-20(26)24-8-7-15(25)10-18(24)13-3-5-14(21)6-4-13/h3-9,11,18H,10H2,1-2H3,(H,23,26). The molecule has 0 saturated carbocycles. The zero-order chi connectivity index (χ0) is 19.6. The van der Waals surface area contributed by atoms with Crippen molar-refractivity contribution >= 4 is 17.5 Å². The molecule has 1 N–H and O–H groups in total. The average molecular weight is 372 g/mol. The Bertz CT molecular complexity index is 910. The molecule has 1 unspecified atom stereocenters. The summed E-state index contributed by atoms with van der Waals surface area (Å²) in [4.78, 5) is 25.8. The number of hydrogen-bond donors (Lipinski definition) is 1. The van der Waals surface area contributed by atoms with Crippen LogP contribution in [0.1, 0.15) is 23.6 Å². The van der Waals surface area contributed by atoms with E-state index >= 15 is 0 Å². The van der Waals surface area contributed by atoms with Gasteiger partial charge in [-0.25, -0.2) is 13.6 Å². The molecule has 2 amide bonds. The second kappa shape index (κ2) is 7.57. The molecule has 1 heterocycles. The summed E-state index contributed by atoms with van der Waals surface area (Å²) in [6.07, 6.45) is 2.68. The molecule has 0 bridgehead atoms. The quantitative estimate of drug-likeness (QED) is 0.872. The number of methoxy groups -OCH3 is 1. The van der Waals surface area contributed by atoms with Crippen molar-refractivity contribution in [3.05, 3.63) is 71.4 Å². The zero-order valence-electron chi connectivity index (χ0n) is 14.8. The molecular formula is C20H18F2N2O3. The number of rotatable bonds is 3. The number of nitrogens with zero attached hydrogens (tertiary/aromatic N) is 1. The Labute approximate surface area is 155 Å². The number of allylic oxidation sites excluding steroid dienone is 1. The summed E-state index contributed by atoms with van der Waals surface area (Å²) < 4.78 is 32.6.